The molecule has 1 aromatic heterocycles. The summed E-state index contributed by atoms with van der Waals surface area (Å²) < 4.78 is 5.07. The van der Waals surface area contributed by atoms with Gasteiger partial charge in [-0.2, -0.15) is 0 Å². The van der Waals surface area contributed by atoms with E-state index in [1.807, 2.05) is 0 Å². The zero-order chi connectivity index (χ0) is 13.1. The van der Waals surface area contributed by atoms with Crippen LogP contribution in [0.4, 0.5) is 10.1 Å². The fraction of sp³-hybridized carbons (Fsp3) is 0.167. The molecule has 0 atom stereocenters. The SMILES string of the molecule is COc1cccc(C(=O)Nc2nc(C)c(N)s2)c1. The minimum Gasteiger partial charge on any atom is -0.497 e. The highest BCUT2D eigenvalue weighted by atomic mass is 32.1. The molecule has 0 bridgehead atoms. The van der Waals surface area contributed by atoms with Crippen LogP contribution in [-0.4, -0.2) is 18.0 Å². The van der Waals surface area contributed by atoms with E-state index in [0.717, 1.165) is 5.69 Å². The minimum atomic E-state index is -0.234. The standard InChI is InChI=1S/C12H13N3O2S/c1-7-10(13)18-12(14-7)15-11(16)8-4-3-5-9(6-8)17-2/h3-6H,13H2,1-2H3,(H,14,15,16). The van der Waals surface area contributed by atoms with Gasteiger partial charge in [0, 0.05) is 5.56 Å². The van der Waals surface area contributed by atoms with Gasteiger partial charge >= 0.3 is 0 Å². The Bertz CT molecular complexity index is 561. The fourth-order valence-corrected chi connectivity index (χ4v) is 2.12. The van der Waals surface area contributed by atoms with Gasteiger partial charge in [0.05, 0.1) is 12.8 Å². The monoisotopic (exact) mass is 263 g/mol. The second kappa shape index (κ2) is 5.05. The smallest absolute Gasteiger partial charge is 0.257 e. The van der Waals surface area contributed by atoms with Crippen LogP contribution < -0.4 is 15.8 Å². The molecule has 2 rings (SSSR count). The van der Waals surface area contributed by atoms with Gasteiger partial charge in [0.1, 0.15) is 10.8 Å². The summed E-state index contributed by atoms with van der Waals surface area (Å²) in [5, 5.41) is 3.81. The summed E-state index contributed by atoms with van der Waals surface area (Å²) in [6, 6.07) is 6.92. The van der Waals surface area contributed by atoms with Crippen molar-refractivity contribution in [2.24, 2.45) is 0 Å². The Kier molecular flexibility index (Phi) is 3.47. The number of nitrogens with two attached hydrogens (primary N) is 1. The maximum atomic E-state index is 12.0. The molecule has 0 saturated heterocycles. The first-order valence-electron chi connectivity index (χ1n) is 5.28. The number of nitrogens with one attached hydrogen (secondary N) is 1. The van der Waals surface area contributed by atoms with E-state index >= 15 is 0 Å². The Hall–Kier alpha value is -2.08. The summed E-state index contributed by atoms with van der Waals surface area (Å²) in [5.74, 6) is 0.403. The van der Waals surface area contributed by atoms with Gasteiger partial charge < -0.3 is 10.5 Å². The van der Waals surface area contributed by atoms with E-state index in [4.69, 9.17) is 10.5 Å². The van der Waals surface area contributed by atoms with Crippen molar-refractivity contribution in [1.82, 2.24) is 4.98 Å². The molecule has 2 aromatic rings. The molecule has 0 unspecified atom stereocenters. The van der Waals surface area contributed by atoms with E-state index in [1.165, 1.54) is 11.3 Å². The number of thiazole rings is 1. The number of methoxy groups -OCH3 is 1. The Morgan fingerprint density at radius 3 is 2.89 bits per heavy atom. The van der Waals surface area contributed by atoms with E-state index < -0.39 is 0 Å². The number of nitrogens with zero attached hydrogens (tertiary/aromatic N) is 1. The van der Waals surface area contributed by atoms with Crippen LogP contribution in [-0.2, 0) is 0 Å². The predicted octanol–water partition coefficient (Wildman–Crippen LogP) is 2.29. The van der Waals surface area contributed by atoms with Gasteiger partial charge in [0.25, 0.3) is 5.91 Å². The number of anilines is 2. The number of nitrogen functional groups attached to an aromatic ring is 1. The molecule has 0 aliphatic carbocycles. The molecule has 94 valence electrons. The molecule has 1 aromatic carbocycles. The lowest BCUT2D eigenvalue weighted by Gasteiger charge is -2.03. The zero-order valence-corrected chi connectivity index (χ0v) is 10.9. The number of ether oxygens (including phenoxy) is 1. The van der Waals surface area contributed by atoms with Crippen molar-refractivity contribution in [1.29, 1.82) is 0 Å². The Morgan fingerprint density at radius 2 is 2.28 bits per heavy atom. The predicted molar refractivity (Wildman–Crippen MR) is 72.2 cm³/mol. The second-order valence-electron chi connectivity index (χ2n) is 3.65. The van der Waals surface area contributed by atoms with Gasteiger partial charge in [0.2, 0.25) is 0 Å². The molecule has 0 spiro atoms. The summed E-state index contributed by atoms with van der Waals surface area (Å²) in [5.41, 5.74) is 6.92. The van der Waals surface area contributed by atoms with Gasteiger partial charge in [-0.25, -0.2) is 4.98 Å². The van der Waals surface area contributed by atoms with E-state index in [1.54, 1.807) is 38.3 Å². The molecule has 1 amide bonds. The van der Waals surface area contributed by atoms with Crippen LogP contribution in [0.15, 0.2) is 24.3 Å². The zero-order valence-electron chi connectivity index (χ0n) is 10.1. The average Bonchev–Trinajstić information content (AvgIpc) is 2.68. The second-order valence-corrected chi connectivity index (χ2v) is 4.69. The molecule has 0 aliphatic heterocycles. The van der Waals surface area contributed by atoms with Gasteiger partial charge in [-0.05, 0) is 25.1 Å². The highest BCUT2D eigenvalue weighted by Crippen LogP contribution is 2.25. The normalized spacial score (nSPS) is 10.1. The lowest BCUT2D eigenvalue weighted by Crippen LogP contribution is -2.11. The van der Waals surface area contributed by atoms with E-state index in [-0.39, 0.29) is 5.91 Å². The molecule has 6 heteroatoms. The number of benzene rings is 1. The van der Waals surface area contributed by atoms with Crippen molar-refractivity contribution < 1.29 is 9.53 Å². The molecule has 1 heterocycles. The van der Waals surface area contributed by atoms with Crippen LogP contribution in [0.25, 0.3) is 0 Å². The van der Waals surface area contributed by atoms with Crippen LogP contribution in [0.3, 0.4) is 0 Å². The third-order valence-electron chi connectivity index (χ3n) is 2.38. The lowest BCUT2D eigenvalue weighted by atomic mass is 10.2. The maximum Gasteiger partial charge on any atom is 0.257 e. The third-order valence-corrected chi connectivity index (χ3v) is 3.29. The summed E-state index contributed by atoms with van der Waals surface area (Å²) >= 11 is 1.25. The number of carbonyl (C=O) groups excluding carboxylic acids is 1. The van der Waals surface area contributed by atoms with Gasteiger partial charge in [-0.1, -0.05) is 17.4 Å². The highest BCUT2D eigenvalue weighted by Gasteiger charge is 2.10. The quantitative estimate of drug-likeness (QED) is 0.890. The summed E-state index contributed by atoms with van der Waals surface area (Å²) in [4.78, 5) is 16.1. The Balaban J connectivity index is 2.16. The minimum absolute atomic E-state index is 0.234. The molecule has 18 heavy (non-hydrogen) atoms. The Labute approximate surface area is 109 Å². The van der Waals surface area contributed by atoms with E-state index in [2.05, 4.69) is 10.3 Å². The van der Waals surface area contributed by atoms with Gasteiger partial charge in [-0.15, -0.1) is 0 Å². The van der Waals surface area contributed by atoms with Crippen molar-refractivity contribution in [3.63, 3.8) is 0 Å². The summed E-state index contributed by atoms with van der Waals surface area (Å²) in [6.07, 6.45) is 0. The fourth-order valence-electron chi connectivity index (χ4n) is 1.40. The van der Waals surface area contributed by atoms with E-state index in [0.29, 0.717) is 21.4 Å². The van der Waals surface area contributed by atoms with Crippen molar-refractivity contribution >= 4 is 27.4 Å². The number of aromatic nitrogens is 1. The number of aryl methyl sites for hydroxylation is 1. The van der Waals surface area contributed by atoms with Crippen LogP contribution in [0.1, 0.15) is 16.1 Å². The molecule has 0 radical (unpaired) electrons. The number of carbonyl (C=O) groups is 1. The van der Waals surface area contributed by atoms with Gasteiger partial charge in [-0.3, -0.25) is 10.1 Å². The van der Waals surface area contributed by atoms with Crippen LogP contribution in [0, 0.1) is 6.92 Å². The van der Waals surface area contributed by atoms with Crippen molar-refractivity contribution in [2.45, 2.75) is 6.92 Å². The third kappa shape index (κ3) is 2.60. The number of rotatable bonds is 3. The first-order valence-corrected chi connectivity index (χ1v) is 6.10. The van der Waals surface area contributed by atoms with E-state index in [9.17, 15) is 4.79 Å². The molecule has 0 fully saturated rings. The summed E-state index contributed by atoms with van der Waals surface area (Å²) in [7, 11) is 1.56. The number of amides is 1. The van der Waals surface area contributed by atoms with Crippen LogP contribution >= 0.6 is 11.3 Å². The first kappa shape index (κ1) is 12.4. The number of hydrogen-bond donors (Lipinski definition) is 2. The van der Waals surface area contributed by atoms with Crippen LogP contribution in [0.2, 0.25) is 0 Å². The lowest BCUT2D eigenvalue weighted by molar-refractivity contribution is 0.102. The summed E-state index contributed by atoms with van der Waals surface area (Å²) in [6.45, 7) is 1.80. The Morgan fingerprint density at radius 1 is 1.50 bits per heavy atom. The van der Waals surface area contributed by atoms with Crippen molar-refractivity contribution in [3.05, 3.63) is 35.5 Å². The molecular weight excluding hydrogens is 250 g/mol. The molecular formula is C12H13N3O2S. The highest BCUT2D eigenvalue weighted by molar-refractivity contribution is 7.19. The average molecular weight is 263 g/mol. The van der Waals surface area contributed by atoms with Crippen LogP contribution in [0.5, 0.6) is 5.75 Å². The molecule has 0 aliphatic rings. The number of hydrogen-bond acceptors (Lipinski definition) is 5. The largest absolute Gasteiger partial charge is 0.497 e. The maximum absolute atomic E-state index is 12.0. The van der Waals surface area contributed by atoms with Crippen molar-refractivity contribution in [2.75, 3.05) is 18.2 Å². The molecule has 5 nitrogen and oxygen atoms in total. The molecule has 0 saturated carbocycles. The first-order chi connectivity index (χ1) is 8.60. The molecule has 3 N–H and O–H groups in total. The van der Waals surface area contributed by atoms with Gasteiger partial charge in [0.15, 0.2) is 5.13 Å². The topological polar surface area (TPSA) is 77.2 Å². The van der Waals surface area contributed by atoms with Crippen molar-refractivity contribution in [3.8, 4) is 5.75 Å².